The number of nitrogens with zero attached hydrogens (tertiary/aromatic N) is 1. The summed E-state index contributed by atoms with van der Waals surface area (Å²) in [6.07, 6.45) is 1.79. The first-order chi connectivity index (χ1) is 7.27. The topological polar surface area (TPSA) is 24.9 Å². The maximum absolute atomic E-state index is 4.25. The van der Waals surface area contributed by atoms with Gasteiger partial charge in [0.2, 0.25) is 0 Å². The molecule has 2 rings (SSSR count). The predicted molar refractivity (Wildman–Crippen MR) is 68.3 cm³/mol. The van der Waals surface area contributed by atoms with E-state index in [-0.39, 0.29) is 0 Å². The van der Waals surface area contributed by atoms with Crippen LogP contribution in [-0.2, 0) is 6.54 Å². The summed E-state index contributed by atoms with van der Waals surface area (Å²) in [6.45, 7) is 2.95. The van der Waals surface area contributed by atoms with Crippen LogP contribution in [0.1, 0.15) is 11.1 Å². The molecule has 0 unspecified atom stereocenters. The number of thiophene rings is 1. The summed E-state index contributed by atoms with van der Waals surface area (Å²) in [5.41, 5.74) is 2.66. The van der Waals surface area contributed by atoms with Gasteiger partial charge in [-0.1, -0.05) is 0 Å². The third-order valence-electron chi connectivity index (χ3n) is 2.17. The molecule has 0 aliphatic heterocycles. The second kappa shape index (κ2) is 4.77. The van der Waals surface area contributed by atoms with Crippen molar-refractivity contribution < 1.29 is 0 Å². The first kappa shape index (κ1) is 10.6. The second-order valence-corrected chi connectivity index (χ2v) is 4.87. The predicted octanol–water partition coefficient (Wildman–Crippen LogP) is 3.83. The minimum absolute atomic E-state index is 0.824. The minimum atomic E-state index is 0.824. The van der Waals surface area contributed by atoms with E-state index < -0.39 is 0 Å². The normalized spacial score (nSPS) is 10.3. The Labute approximate surface area is 101 Å². The molecule has 4 heteroatoms. The minimum Gasteiger partial charge on any atom is -0.365 e. The van der Waals surface area contributed by atoms with Crippen molar-refractivity contribution in [3.63, 3.8) is 0 Å². The fourth-order valence-electron chi connectivity index (χ4n) is 1.26. The number of hydrogen-bond acceptors (Lipinski definition) is 3. The van der Waals surface area contributed by atoms with Gasteiger partial charge < -0.3 is 5.32 Å². The molecule has 15 heavy (non-hydrogen) atoms. The van der Waals surface area contributed by atoms with E-state index in [0.717, 1.165) is 16.8 Å². The Morgan fingerprint density at radius 2 is 2.33 bits per heavy atom. The van der Waals surface area contributed by atoms with Crippen molar-refractivity contribution >= 4 is 33.1 Å². The second-order valence-electron chi connectivity index (χ2n) is 3.27. The molecule has 0 fully saturated rings. The molecule has 0 saturated carbocycles. The third kappa shape index (κ3) is 2.58. The van der Waals surface area contributed by atoms with Crippen molar-refractivity contribution in [1.82, 2.24) is 4.98 Å². The number of rotatable bonds is 3. The number of nitrogens with one attached hydrogen (secondary N) is 1. The molecule has 0 aromatic carbocycles. The van der Waals surface area contributed by atoms with Gasteiger partial charge in [0.1, 0.15) is 5.82 Å². The van der Waals surface area contributed by atoms with Crippen LogP contribution in [0.2, 0.25) is 0 Å². The molecule has 78 valence electrons. The van der Waals surface area contributed by atoms with E-state index in [9.17, 15) is 0 Å². The van der Waals surface area contributed by atoms with Crippen molar-refractivity contribution in [3.05, 3.63) is 44.7 Å². The Kier molecular flexibility index (Phi) is 3.38. The molecule has 2 heterocycles. The smallest absolute Gasteiger partial charge is 0.140 e. The molecule has 0 spiro atoms. The lowest BCUT2D eigenvalue weighted by atomic mass is 10.2. The zero-order chi connectivity index (χ0) is 10.7. The quantitative estimate of drug-likeness (QED) is 0.926. The highest BCUT2D eigenvalue weighted by molar-refractivity contribution is 9.10. The van der Waals surface area contributed by atoms with Gasteiger partial charge in [-0.2, -0.15) is 11.3 Å². The lowest BCUT2D eigenvalue weighted by molar-refractivity contribution is 1.10. The van der Waals surface area contributed by atoms with Crippen molar-refractivity contribution in [1.29, 1.82) is 0 Å². The Hall–Kier alpha value is -0.870. The fourth-order valence-corrected chi connectivity index (χ4v) is 2.51. The zero-order valence-corrected chi connectivity index (χ0v) is 10.7. The van der Waals surface area contributed by atoms with Crippen molar-refractivity contribution in [2.24, 2.45) is 0 Å². The molecular formula is C11H11BrN2S. The summed E-state index contributed by atoms with van der Waals surface area (Å²) in [6, 6.07) is 3.89. The average Bonchev–Trinajstić information content (AvgIpc) is 2.63. The van der Waals surface area contributed by atoms with Gasteiger partial charge >= 0.3 is 0 Å². The van der Waals surface area contributed by atoms with Gasteiger partial charge in [-0.25, -0.2) is 4.98 Å². The molecule has 0 aliphatic rings. The molecule has 2 nitrogen and oxygen atoms in total. The molecule has 2 aromatic heterocycles. The van der Waals surface area contributed by atoms with E-state index in [4.69, 9.17) is 0 Å². The lowest BCUT2D eigenvalue weighted by Gasteiger charge is -2.06. The third-order valence-corrected chi connectivity index (χ3v) is 3.72. The van der Waals surface area contributed by atoms with Gasteiger partial charge in [-0.05, 0) is 56.9 Å². The maximum Gasteiger partial charge on any atom is 0.140 e. The van der Waals surface area contributed by atoms with E-state index in [1.54, 1.807) is 17.5 Å². The first-order valence-electron chi connectivity index (χ1n) is 4.63. The summed E-state index contributed by atoms with van der Waals surface area (Å²) in [5.74, 6) is 0.892. The van der Waals surface area contributed by atoms with Crippen molar-refractivity contribution in [3.8, 4) is 0 Å². The fraction of sp³-hybridized carbons (Fsp3) is 0.182. The standard InChI is InChI=1S/C11H11BrN2S/c1-8-6-15-7-9(8)5-14-11-10(12)3-2-4-13-11/h2-4,6-7H,5H2,1H3,(H,13,14). The van der Waals surface area contributed by atoms with Crippen LogP contribution in [0.3, 0.4) is 0 Å². The summed E-state index contributed by atoms with van der Waals surface area (Å²) < 4.78 is 0.998. The largest absolute Gasteiger partial charge is 0.365 e. The Morgan fingerprint density at radius 1 is 1.47 bits per heavy atom. The van der Waals surface area contributed by atoms with E-state index in [0.29, 0.717) is 0 Å². The Balaban J connectivity index is 2.06. The van der Waals surface area contributed by atoms with E-state index in [1.165, 1.54) is 11.1 Å². The molecule has 0 atom stereocenters. The van der Waals surface area contributed by atoms with E-state index in [1.807, 2.05) is 12.1 Å². The van der Waals surface area contributed by atoms with Crippen LogP contribution in [0.4, 0.5) is 5.82 Å². The number of pyridine rings is 1. The Morgan fingerprint density at radius 3 is 3.00 bits per heavy atom. The first-order valence-corrected chi connectivity index (χ1v) is 6.37. The number of hydrogen-bond donors (Lipinski definition) is 1. The number of aromatic nitrogens is 1. The van der Waals surface area contributed by atoms with Crippen molar-refractivity contribution in [2.75, 3.05) is 5.32 Å². The molecular weight excluding hydrogens is 272 g/mol. The monoisotopic (exact) mass is 282 g/mol. The summed E-state index contributed by atoms with van der Waals surface area (Å²) in [7, 11) is 0. The van der Waals surface area contributed by atoms with Gasteiger partial charge in [0.15, 0.2) is 0 Å². The molecule has 0 saturated heterocycles. The highest BCUT2D eigenvalue weighted by Gasteiger charge is 2.01. The van der Waals surface area contributed by atoms with Crippen LogP contribution in [0.25, 0.3) is 0 Å². The molecule has 2 aromatic rings. The highest BCUT2D eigenvalue weighted by atomic mass is 79.9. The number of anilines is 1. The average molecular weight is 283 g/mol. The van der Waals surface area contributed by atoms with Crippen LogP contribution < -0.4 is 5.32 Å². The van der Waals surface area contributed by atoms with Crippen LogP contribution >= 0.6 is 27.3 Å². The summed E-state index contributed by atoms with van der Waals surface area (Å²) in [4.78, 5) is 4.25. The zero-order valence-electron chi connectivity index (χ0n) is 8.33. The van der Waals surface area contributed by atoms with Gasteiger partial charge in [-0.3, -0.25) is 0 Å². The SMILES string of the molecule is Cc1cscc1CNc1ncccc1Br. The molecule has 0 aliphatic carbocycles. The summed E-state index contributed by atoms with van der Waals surface area (Å²) >= 11 is 5.19. The molecule has 1 N–H and O–H groups in total. The van der Waals surface area contributed by atoms with Crippen LogP contribution in [0.5, 0.6) is 0 Å². The maximum atomic E-state index is 4.25. The molecule has 0 radical (unpaired) electrons. The molecule has 0 amide bonds. The van der Waals surface area contributed by atoms with Gasteiger partial charge in [0.05, 0.1) is 4.47 Å². The lowest BCUT2D eigenvalue weighted by Crippen LogP contribution is -2.01. The van der Waals surface area contributed by atoms with Gasteiger partial charge in [-0.15, -0.1) is 0 Å². The Bertz CT molecular complexity index is 453. The van der Waals surface area contributed by atoms with Gasteiger partial charge in [0, 0.05) is 12.7 Å². The van der Waals surface area contributed by atoms with Crippen LogP contribution in [-0.4, -0.2) is 4.98 Å². The number of halogens is 1. The summed E-state index contributed by atoms with van der Waals surface area (Å²) in [5, 5.41) is 7.63. The molecule has 0 bridgehead atoms. The highest BCUT2D eigenvalue weighted by Crippen LogP contribution is 2.20. The van der Waals surface area contributed by atoms with E-state index >= 15 is 0 Å². The van der Waals surface area contributed by atoms with E-state index in [2.05, 4.69) is 43.9 Å². The van der Waals surface area contributed by atoms with Crippen molar-refractivity contribution in [2.45, 2.75) is 13.5 Å². The van der Waals surface area contributed by atoms with Crippen LogP contribution in [0.15, 0.2) is 33.6 Å². The van der Waals surface area contributed by atoms with Gasteiger partial charge in [0.25, 0.3) is 0 Å². The number of aryl methyl sites for hydroxylation is 1. The van der Waals surface area contributed by atoms with Crippen LogP contribution in [0, 0.1) is 6.92 Å².